The van der Waals surface area contributed by atoms with Crippen molar-refractivity contribution in [2.75, 3.05) is 18.0 Å². The van der Waals surface area contributed by atoms with Crippen LogP contribution in [0.3, 0.4) is 0 Å². The number of benzene rings is 2. The van der Waals surface area contributed by atoms with Crippen molar-refractivity contribution >= 4 is 17.5 Å². The first kappa shape index (κ1) is 17.2. The highest BCUT2D eigenvalue weighted by Crippen LogP contribution is 2.27. The van der Waals surface area contributed by atoms with Gasteiger partial charge in [0.15, 0.2) is 0 Å². The van der Waals surface area contributed by atoms with Crippen molar-refractivity contribution in [2.45, 2.75) is 26.2 Å². The molecule has 0 spiro atoms. The lowest BCUT2D eigenvalue weighted by molar-refractivity contribution is -0.126. The molecule has 2 amide bonds. The SMILES string of the molecule is Cc1ccccc1N1C[C@H](C(=O)NC[C@H](C)c2ccccc2)CC1=O. The van der Waals surface area contributed by atoms with E-state index in [4.69, 9.17) is 0 Å². The standard InChI is InChI=1S/C21H24N2O2/c1-15-8-6-7-11-19(15)23-14-18(12-20(23)24)21(25)22-13-16(2)17-9-4-3-5-10-17/h3-11,16,18H,12-14H2,1-2H3,(H,22,25)/t16-,18+/m0/s1. The Morgan fingerprint density at radius 2 is 1.84 bits per heavy atom. The number of anilines is 1. The number of nitrogens with one attached hydrogen (secondary N) is 1. The van der Waals surface area contributed by atoms with Crippen molar-refractivity contribution in [3.8, 4) is 0 Å². The van der Waals surface area contributed by atoms with Gasteiger partial charge in [-0.3, -0.25) is 9.59 Å². The molecule has 2 aromatic rings. The van der Waals surface area contributed by atoms with Gasteiger partial charge in [-0.25, -0.2) is 0 Å². The van der Waals surface area contributed by atoms with Crippen molar-refractivity contribution < 1.29 is 9.59 Å². The Labute approximate surface area is 148 Å². The lowest BCUT2D eigenvalue weighted by Gasteiger charge is -2.19. The van der Waals surface area contributed by atoms with Crippen molar-refractivity contribution in [3.05, 3.63) is 65.7 Å². The fraction of sp³-hybridized carbons (Fsp3) is 0.333. The average molecular weight is 336 g/mol. The van der Waals surface area contributed by atoms with E-state index in [1.54, 1.807) is 4.90 Å². The molecule has 1 heterocycles. The third kappa shape index (κ3) is 3.90. The van der Waals surface area contributed by atoms with E-state index in [0.29, 0.717) is 13.1 Å². The Morgan fingerprint density at radius 3 is 2.56 bits per heavy atom. The predicted molar refractivity (Wildman–Crippen MR) is 99.5 cm³/mol. The van der Waals surface area contributed by atoms with Crippen LogP contribution in [0.4, 0.5) is 5.69 Å². The van der Waals surface area contributed by atoms with Crippen LogP contribution in [0, 0.1) is 12.8 Å². The zero-order chi connectivity index (χ0) is 17.8. The molecule has 4 heteroatoms. The number of rotatable bonds is 5. The highest BCUT2D eigenvalue weighted by molar-refractivity contribution is 6.00. The summed E-state index contributed by atoms with van der Waals surface area (Å²) in [6.45, 7) is 5.11. The van der Waals surface area contributed by atoms with E-state index in [1.807, 2.05) is 49.4 Å². The Kier molecular flexibility index (Phi) is 5.17. The van der Waals surface area contributed by atoms with Gasteiger partial charge in [-0.1, -0.05) is 55.5 Å². The van der Waals surface area contributed by atoms with E-state index in [0.717, 1.165) is 11.3 Å². The summed E-state index contributed by atoms with van der Waals surface area (Å²) >= 11 is 0. The van der Waals surface area contributed by atoms with Crippen LogP contribution >= 0.6 is 0 Å². The normalized spacial score (nSPS) is 18.2. The van der Waals surface area contributed by atoms with Gasteiger partial charge in [0, 0.05) is 25.2 Å². The van der Waals surface area contributed by atoms with E-state index >= 15 is 0 Å². The molecule has 2 aromatic carbocycles. The summed E-state index contributed by atoms with van der Waals surface area (Å²) in [6.07, 6.45) is 0.278. The number of aryl methyl sites for hydroxylation is 1. The number of nitrogens with zero attached hydrogens (tertiary/aromatic N) is 1. The first-order chi connectivity index (χ1) is 12.1. The molecule has 3 rings (SSSR count). The Morgan fingerprint density at radius 1 is 1.16 bits per heavy atom. The molecule has 0 saturated carbocycles. The number of hydrogen-bond acceptors (Lipinski definition) is 2. The predicted octanol–water partition coefficient (Wildman–Crippen LogP) is 3.27. The van der Waals surface area contributed by atoms with Crippen LogP contribution in [0.1, 0.15) is 30.4 Å². The van der Waals surface area contributed by atoms with Crippen LogP contribution < -0.4 is 10.2 Å². The minimum absolute atomic E-state index is 0.0190. The molecule has 0 radical (unpaired) electrons. The van der Waals surface area contributed by atoms with Crippen molar-refractivity contribution in [2.24, 2.45) is 5.92 Å². The quantitative estimate of drug-likeness (QED) is 0.911. The Hall–Kier alpha value is -2.62. The summed E-state index contributed by atoms with van der Waals surface area (Å²) in [4.78, 5) is 26.6. The molecule has 0 aliphatic carbocycles. The molecule has 1 saturated heterocycles. The van der Waals surface area contributed by atoms with E-state index < -0.39 is 0 Å². The monoisotopic (exact) mass is 336 g/mol. The third-order valence-electron chi connectivity index (χ3n) is 4.85. The van der Waals surface area contributed by atoms with Gasteiger partial charge in [-0.05, 0) is 30.0 Å². The second-order valence-electron chi connectivity index (χ2n) is 6.75. The molecule has 1 aliphatic heterocycles. The summed E-state index contributed by atoms with van der Waals surface area (Å²) in [6, 6.07) is 17.9. The molecular weight excluding hydrogens is 312 g/mol. The molecule has 4 nitrogen and oxygen atoms in total. The molecule has 1 N–H and O–H groups in total. The molecule has 25 heavy (non-hydrogen) atoms. The summed E-state index contributed by atoms with van der Waals surface area (Å²) in [5.41, 5.74) is 3.15. The summed E-state index contributed by atoms with van der Waals surface area (Å²) in [7, 11) is 0. The minimum Gasteiger partial charge on any atom is -0.355 e. The van der Waals surface area contributed by atoms with Gasteiger partial charge in [0.1, 0.15) is 0 Å². The van der Waals surface area contributed by atoms with Gasteiger partial charge in [0.2, 0.25) is 11.8 Å². The summed E-state index contributed by atoms with van der Waals surface area (Å²) in [5.74, 6) is -0.0532. The van der Waals surface area contributed by atoms with Crippen molar-refractivity contribution in [1.29, 1.82) is 0 Å². The lowest BCUT2D eigenvalue weighted by atomic mass is 10.0. The maximum absolute atomic E-state index is 12.5. The van der Waals surface area contributed by atoms with Crippen LogP contribution in [0.2, 0.25) is 0 Å². The van der Waals surface area contributed by atoms with Gasteiger partial charge in [0.05, 0.1) is 5.92 Å². The zero-order valence-corrected chi connectivity index (χ0v) is 14.7. The van der Waals surface area contributed by atoms with Crippen molar-refractivity contribution in [1.82, 2.24) is 5.32 Å². The van der Waals surface area contributed by atoms with Gasteiger partial charge in [0.25, 0.3) is 0 Å². The van der Waals surface area contributed by atoms with E-state index in [2.05, 4.69) is 24.4 Å². The minimum atomic E-state index is -0.282. The van der Waals surface area contributed by atoms with E-state index in [9.17, 15) is 9.59 Å². The van der Waals surface area contributed by atoms with Gasteiger partial charge < -0.3 is 10.2 Å². The van der Waals surface area contributed by atoms with Crippen LogP contribution in [0.5, 0.6) is 0 Å². The molecule has 1 fully saturated rings. The first-order valence-corrected chi connectivity index (χ1v) is 8.75. The topological polar surface area (TPSA) is 49.4 Å². The maximum Gasteiger partial charge on any atom is 0.227 e. The fourth-order valence-electron chi connectivity index (χ4n) is 3.28. The Bertz CT molecular complexity index is 758. The molecular formula is C21H24N2O2. The number of hydrogen-bond donors (Lipinski definition) is 1. The molecule has 1 aliphatic rings. The number of amides is 2. The van der Waals surface area contributed by atoms with Gasteiger partial charge >= 0.3 is 0 Å². The third-order valence-corrected chi connectivity index (χ3v) is 4.85. The number of carbonyl (C=O) groups is 2. The van der Waals surface area contributed by atoms with Crippen LogP contribution in [-0.4, -0.2) is 24.9 Å². The smallest absolute Gasteiger partial charge is 0.227 e. The largest absolute Gasteiger partial charge is 0.355 e. The number of para-hydroxylation sites is 1. The van der Waals surface area contributed by atoms with Gasteiger partial charge in [-0.15, -0.1) is 0 Å². The average Bonchev–Trinajstić information content (AvgIpc) is 3.02. The molecule has 130 valence electrons. The second-order valence-corrected chi connectivity index (χ2v) is 6.75. The van der Waals surface area contributed by atoms with Crippen molar-refractivity contribution in [3.63, 3.8) is 0 Å². The summed E-state index contributed by atoms with van der Waals surface area (Å²) < 4.78 is 0. The highest BCUT2D eigenvalue weighted by atomic mass is 16.2. The fourth-order valence-corrected chi connectivity index (χ4v) is 3.28. The number of carbonyl (C=O) groups excluding carboxylic acids is 2. The maximum atomic E-state index is 12.5. The first-order valence-electron chi connectivity index (χ1n) is 8.75. The van der Waals surface area contributed by atoms with E-state index in [-0.39, 0.29) is 30.1 Å². The second kappa shape index (κ2) is 7.51. The Balaban J connectivity index is 1.59. The molecule has 0 aromatic heterocycles. The molecule has 0 bridgehead atoms. The van der Waals surface area contributed by atoms with Gasteiger partial charge in [-0.2, -0.15) is 0 Å². The van der Waals surface area contributed by atoms with Crippen LogP contribution in [-0.2, 0) is 9.59 Å². The van der Waals surface area contributed by atoms with Crippen LogP contribution in [0.15, 0.2) is 54.6 Å². The summed E-state index contributed by atoms with van der Waals surface area (Å²) in [5, 5.41) is 3.01. The lowest BCUT2D eigenvalue weighted by Crippen LogP contribution is -2.35. The molecule has 0 unspecified atom stereocenters. The molecule has 2 atom stereocenters. The highest BCUT2D eigenvalue weighted by Gasteiger charge is 2.35. The zero-order valence-electron chi connectivity index (χ0n) is 14.7. The van der Waals surface area contributed by atoms with E-state index in [1.165, 1.54) is 5.56 Å². The van der Waals surface area contributed by atoms with Crippen LogP contribution in [0.25, 0.3) is 0 Å².